The Morgan fingerprint density at radius 3 is 2.73 bits per heavy atom. The van der Waals surface area contributed by atoms with Gasteiger partial charge < -0.3 is 19.5 Å². The number of ether oxygens (including phenoxy) is 3. The van der Waals surface area contributed by atoms with Gasteiger partial charge >= 0.3 is 0 Å². The summed E-state index contributed by atoms with van der Waals surface area (Å²) < 4.78 is 16.5. The van der Waals surface area contributed by atoms with E-state index in [0.717, 1.165) is 45.9 Å². The predicted molar refractivity (Wildman–Crippen MR) is 100 cm³/mol. The molecule has 2 atom stereocenters. The molecular weight excluding hydrogens is 379 g/mol. The average molecular weight is 403 g/mol. The molecule has 2 heterocycles. The summed E-state index contributed by atoms with van der Waals surface area (Å²) in [7, 11) is 0. The Bertz CT molecular complexity index is 605. The lowest BCUT2D eigenvalue weighted by Gasteiger charge is -2.37. The van der Waals surface area contributed by atoms with Crippen LogP contribution in [0, 0.1) is 5.92 Å². The topological polar surface area (TPSA) is 60.0 Å². The zero-order chi connectivity index (χ0) is 18.4. The van der Waals surface area contributed by atoms with Crippen LogP contribution in [0.3, 0.4) is 0 Å². The van der Waals surface area contributed by atoms with Gasteiger partial charge in [-0.1, -0.05) is 23.2 Å². The van der Waals surface area contributed by atoms with Gasteiger partial charge in [0.05, 0.1) is 29.9 Å². The first-order valence-electron chi connectivity index (χ1n) is 8.87. The zero-order valence-corrected chi connectivity index (χ0v) is 16.1. The fourth-order valence-corrected chi connectivity index (χ4v) is 3.63. The van der Waals surface area contributed by atoms with E-state index in [1.54, 1.807) is 18.2 Å². The molecule has 26 heavy (non-hydrogen) atoms. The van der Waals surface area contributed by atoms with E-state index in [9.17, 15) is 4.79 Å². The molecule has 0 bridgehead atoms. The smallest absolute Gasteiger partial charge is 0.257 e. The van der Waals surface area contributed by atoms with Crippen LogP contribution in [0.4, 0.5) is 0 Å². The molecule has 1 aromatic rings. The molecule has 144 valence electrons. The number of nitrogens with one attached hydrogen (secondary N) is 1. The molecule has 2 fully saturated rings. The number of rotatable bonds is 7. The lowest BCUT2D eigenvalue weighted by Crippen LogP contribution is -2.52. The first-order chi connectivity index (χ1) is 12.6. The van der Waals surface area contributed by atoms with Gasteiger partial charge in [0.2, 0.25) is 0 Å². The van der Waals surface area contributed by atoms with Crippen molar-refractivity contribution < 1.29 is 19.0 Å². The van der Waals surface area contributed by atoms with Crippen LogP contribution in [0.15, 0.2) is 18.2 Å². The SMILES string of the molecule is O=C(COc1ccc(Cl)c(Cl)c1)NCC(C1CCOC1)N1CCOCC1. The van der Waals surface area contributed by atoms with Crippen LogP contribution in [0.5, 0.6) is 5.75 Å². The van der Waals surface area contributed by atoms with Crippen molar-refractivity contribution in [2.45, 2.75) is 12.5 Å². The monoisotopic (exact) mass is 402 g/mol. The van der Waals surface area contributed by atoms with Crippen molar-refractivity contribution in [3.8, 4) is 5.75 Å². The third-order valence-corrected chi connectivity index (χ3v) is 5.53. The van der Waals surface area contributed by atoms with Gasteiger partial charge in [-0.15, -0.1) is 0 Å². The third kappa shape index (κ3) is 5.47. The minimum atomic E-state index is -0.159. The molecule has 8 heteroatoms. The second-order valence-electron chi connectivity index (χ2n) is 6.51. The Morgan fingerprint density at radius 1 is 1.23 bits per heavy atom. The van der Waals surface area contributed by atoms with E-state index in [1.807, 2.05) is 0 Å². The van der Waals surface area contributed by atoms with Gasteiger partial charge in [0.25, 0.3) is 5.91 Å². The van der Waals surface area contributed by atoms with E-state index in [4.69, 9.17) is 37.4 Å². The molecule has 0 aliphatic carbocycles. The van der Waals surface area contributed by atoms with E-state index < -0.39 is 0 Å². The molecule has 6 nitrogen and oxygen atoms in total. The van der Waals surface area contributed by atoms with Crippen LogP contribution in [-0.4, -0.2) is 69.5 Å². The van der Waals surface area contributed by atoms with E-state index in [0.29, 0.717) is 28.3 Å². The Balaban J connectivity index is 1.49. The maximum Gasteiger partial charge on any atom is 0.257 e. The van der Waals surface area contributed by atoms with Crippen molar-refractivity contribution in [2.75, 3.05) is 52.7 Å². The highest BCUT2D eigenvalue weighted by atomic mass is 35.5. The van der Waals surface area contributed by atoms with Crippen molar-refractivity contribution >= 4 is 29.1 Å². The molecule has 0 saturated carbocycles. The van der Waals surface area contributed by atoms with Crippen molar-refractivity contribution in [1.82, 2.24) is 10.2 Å². The Labute approximate surface area is 163 Å². The van der Waals surface area contributed by atoms with Crippen LogP contribution >= 0.6 is 23.2 Å². The number of hydrogen-bond donors (Lipinski definition) is 1. The summed E-state index contributed by atoms with van der Waals surface area (Å²) in [5, 5.41) is 3.85. The number of carbonyl (C=O) groups is 1. The minimum absolute atomic E-state index is 0.0606. The molecule has 0 aromatic heterocycles. The van der Waals surface area contributed by atoms with Crippen LogP contribution < -0.4 is 10.1 Å². The lowest BCUT2D eigenvalue weighted by molar-refractivity contribution is -0.123. The Hall–Kier alpha value is -1.05. The first kappa shape index (κ1) is 19.7. The molecule has 0 radical (unpaired) electrons. The van der Waals surface area contributed by atoms with Gasteiger partial charge in [-0.05, 0) is 18.6 Å². The fraction of sp³-hybridized carbons (Fsp3) is 0.611. The van der Waals surface area contributed by atoms with Gasteiger partial charge in [-0.25, -0.2) is 0 Å². The molecule has 1 N–H and O–H groups in total. The van der Waals surface area contributed by atoms with Crippen LogP contribution in [-0.2, 0) is 14.3 Å². The van der Waals surface area contributed by atoms with Crippen molar-refractivity contribution in [3.63, 3.8) is 0 Å². The Morgan fingerprint density at radius 2 is 2.04 bits per heavy atom. The number of morpholine rings is 1. The normalized spacial score (nSPS) is 22.2. The van der Waals surface area contributed by atoms with Gasteiger partial charge in [0.15, 0.2) is 6.61 Å². The highest BCUT2D eigenvalue weighted by Crippen LogP contribution is 2.26. The second-order valence-corrected chi connectivity index (χ2v) is 7.32. The van der Waals surface area contributed by atoms with Gasteiger partial charge in [0, 0.05) is 44.3 Å². The summed E-state index contributed by atoms with van der Waals surface area (Å²) in [5.74, 6) is 0.793. The summed E-state index contributed by atoms with van der Waals surface area (Å²) in [6.07, 6.45) is 1.03. The average Bonchev–Trinajstić information content (AvgIpc) is 3.18. The third-order valence-electron chi connectivity index (χ3n) is 4.79. The van der Waals surface area contributed by atoms with Crippen molar-refractivity contribution in [2.24, 2.45) is 5.92 Å². The first-order valence-corrected chi connectivity index (χ1v) is 9.63. The van der Waals surface area contributed by atoms with E-state index in [-0.39, 0.29) is 18.6 Å². The second kappa shape index (κ2) is 9.76. The quantitative estimate of drug-likeness (QED) is 0.757. The predicted octanol–water partition coefficient (Wildman–Crippen LogP) is 2.23. The summed E-state index contributed by atoms with van der Waals surface area (Å²) in [6.45, 7) is 5.30. The van der Waals surface area contributed by atoms with Crippen LogP contribution in [0.25, 0.3) is 0 Å². The molecule has 2 aliphatic rings. The van der Waals surface area contributed by atoms with Crippen LogP contribution in [0.1, 0.15) is 6.42 Å². The van der Waals surface area contributed by atoms with Crippen LogP contribution in [0.2, 0.25) is 10.0 Å². The summed E-state index contributed by atoms with van der Waals surface area (Å²) in [5.41, 5.74) is 0. The van der Waals surface area contributed by atoms with E-state index in [2.05, 4.69) is 10.2 Å². The van der Waals surface area contributed by atoms with Gasteiger partial charge in [0.1, 0.15) is 5.75 Å². The molecule has 1 amide bonds. The Kier molecular flexibility index (Phi) is 7.40. The molecular formula is C18H24Cl2N2O4. The van der Waals surface area contributed by atoms with Crippen molar-refractivity contribution in [3.05, 3.63) is 28.2 Å². The van der Waals surface area contributed by atoms with Gasteiger partial charge in [-0.2, -0.15) is 0 Å². The number of amides is 1. The lowest BCUT2D eigenvalue weighted by atomic mass is 9.97. The minimum Gasteiger partial charge on any atom is -0.484 e. The molecule has 1 aromatic carbocycles. The molecule has 2 unspecified atom stereocenters. The summed E-state index contributed by atoms with van der Waals surface area (Å²) in [6, 6.07) is 5.19. The molecule has 2 saturated heterocycles. The molecule has 2 aliphatic heterocycles. The number of nitrogens with zero attached hydrogens (tertiary/aromatic N) is 1. The zero-order valence-electron chi connectivity index (χ0n) is 14.6. The number of hydrogen-bond acceptors (Lipinski definition) is 5. The molecule has 0 spiro atoms. The highest BCUT2D eigenvalue weighted by molar-refractivity contribution is 6.42. The largest absolute Gasteiger partial charge is 0.484 e. The number of carbonyl (C=O) groups excluding carboxylic acids is 1. The van der Waals surface area contributed by atoms with Gasteiger partial charge in [-0.3, -0.25) is 9.69 Å². The summed E-state index contributed by atoms with van der Waals surface area (Å²) in [4.78, 5) is 14.6. The van der Waals surface area contributed by atoms with E-state index >= 15 is 0 Å². The maximum absolute atomic E-state index is 12.2. The molecule has 3 rings (SSSR count). The van der Waals surface area contributed by atoms with Crippen molar-refractivity contribution in [1.29, 1.82) is 0 Å². The van der Waals surface area contributed by atoms with E-state index in [1.165, 1.54) is 0 Å². The summed E-state index contributed by atoms with van der Waals surface area (Å²) >= 11 is 11.8. The standard InChI is InChI=1S/C18H24Cl2N2O4/c19-15-2-1-14(9-16(15)20)26-12-18(23)21-10-17(13-3-6-25-11-13)22-4-7-24-8-5-22/h1-2,9,13,17H,3-8,10-12H2,(H,21,23). The number of benzene rings is 1. The fourth-order valence-electron chi connectivity index (χ4n) is 3.34. The number of halogens is 2. The maximum atomic E-state index is 12.2. The highest BCUT2D eigenvalue weighted by Gasteiger charge is 2.31.